The highest BCUT2D eigenvalue weighted by atomic mass is 35.5. The normalized spacial score (nSPS) is 13.8. The maximum atomic E-state index is 10.7. The predicted octanol–water partition coefficient (Wildman–Crippen LogP) is 2.78. The highest BCUT2D eigenvalue weighted by Gasteiger charge is 2.14. The first-order valence-corrected chi connectivity index (χ1v) is 4.61. The van der Waals surface area contributed by atoms with Crippen LogP contribution in [0.15, 0.2) is 30.3 Å². The molecule has 0 saturated heterocycles. The van der Waals surface area contributed by atoms with Gasteiger partial charge in [0, 0.05) is 6.42 Å². The Labute approximate surface area is 82.0 Å². The number of allylic oxidation sites excluding steroid dienone is 2. The molecule has 0 radical (unpaired) electrons. The van der Waals surface area contributed by atoms with E-state index in [-0.39, 0.29) is 5.24 Å². The van der Waals surface area contributed by atoms with Gasteiger partial charge in [0.15, 0.2) is 0 Å². The summed E-state index contributed by atoms with van der Waals surface area (Å²) >= 11 is 5.34. The van der Waals surface area contributed by atoms with Gasteiger partial charge in [-0.05, 0) is 34.7 Å². The Morgan fingerprint density at radius 3 is 2.92 bits per heavy atom. The molecule has 1 nitrogen and oxygen atoms in total. The number of fused-ring (bicyclic) bond motifs is 1. The van der Waals surface area contributed by atoms with Crippen molar-refractivity contribution in [2.45, 2.75) is 12.8 Å². The Hall–Kier alpha value is -1.08. The molecule has 1 aliphatic rings. The second-order valence-corrected chi connectivity index (χ2v) is 3.54. The fraction of sp³-hybridized carbons (Fsp3) is 0.182. The molecule has 0 saturated carbocycles. The van der Waals surface area contributed by atoms with Crippen molar-refractivity contribution in [3.05, 3.63) is 41.5 Å². The van der Waals surface area contributed by atoms with Crippen molar-refractivity contribution in [2.75, 3.05) is 0 Å². The minimum absolute atomic E-state index is 0.289. The van der Waals surface area contributed by atoms with Gasteiger partial charge in [-0.3, -0.25) is 4.79 Å². The van der Waals surface area contributed by atoms with Gasteiger partial charge >= 0.3 is 0 Å². The van der Waals surface area contributed by atoms with Crippen LogP contribution in [0.3, 0.4) is 0 Å². The van der Waals surface area contributed by atoms with Gasteiger partial charge in [0.1, 0.15) is 0 Å². The lowest BCUT2D eigenvalue weighted by molar-refractivity contribution is -0.110. The molecule has 0 atom stereocenters. The SMILES string of the molecule is O=C(Cl)CC1=CCc2ccccc21. The zero-order valence-corrected chi connectivity index (χ0v) is 7.84. The maximum Gasteiger partial charge on any atom is 0.226 e. The molecule has 2 heteroatoms. The van der Waals surface area contributed by atoms with E-state index in [1.807, 2.05) is 18.2 Å². The molecule has 66 valence electrons. The van der Waals surface area contributed by atoms with E-state index in [1.54, 1.807) is 0 Å². The lowest BCUT2D eigenvalue weighted by Crippen LogP contribution is -1.89. The van der Waals surface area contributed by atoms with Crippen LogP contribution in [0.5, 0.6) is 0 Å². The molecule has 0 amide bonds. The third-order valence-corrected chi connectivity index (χ3v) is 2.39. The van der Waals surface area contributed by atoms with Crippen molar-refractivity contribution in [3.63, 3.8) is 0 Å². The summed E-state index contributed by atoms with van der Waals surface area (Å²) in [5.41, 5.74) is 3.53. The van der Waals surface area contributed by atoms with Gasteiger partial charge in [-0.1, -0.05) is 30.3 Å². The smallest absolute Gasteiger partial charge is 0.226 e. The first-order chi connectivity index (χ1) is 6.27. The number of benzene rings is 1. The number of hydrogen-bond donors (Lipinski definition) is 0. The van der Waals surface area contributed by atoms with Crippen LogP contribution in [0, 0.1) is 0 Å². The summed E-state index contributed by atoms with van der Waals surface area (Å²) in [5.74, 6) is 0. The molecule has 2 rings (SSSR count). The highest BCUT2D eigenvalue weighted by molar-refractivity contribution is 6.64. The molecule has 0 unspecified atom stereocenters. The van der Waals surface area contributed by atoms with Gasteiger partial charge in [-0.25, -0.2) is 0 Å². The van der Waals surface area contributed by atoms with Crippen LogP contribution in [-0.2, 0) is 11.2 Å². The average Bonchev–Trinajstić information content (AvgIpc) is 2.48. The van der Waals surface area contributed by atoms with Gasteiger partial charge in [0.2, 0.25) is 5.24 Å². The molecule has 0 N–H and O–H groups in total. The van der Waals surface area contributed by atoms with E-state index in [2.05, 4.69) is 12.1 Å². The lowest BCUT2D eigenvalue weighted by atomic mass is 10.0. The molecule has 1 aliphatic carbocycles. The van der Waals surface area contributed by atoms with Gasteiger partial charge in [-0.15, -0.1) is 0 Å². The summed E-state index contributed by atoms with van der Waals surface area (Å²) in [7, 11) is 0. The Balaban J connectivity index is 2.31. The third-order valence-electron chi connectivity index (χ3n) is 2.26. The Bertz CT molecular complexity index is 379. The van der Waals surface area contributed by atoms with Crippen molar-refractivity contribution in [3.8, 4) is 0 Å². The zero-order chi connectivity index (χ0) is 9.26. The Morgan fingerprint density at radius 1 is 1.38 bits per heavy atom. The number of hydrogen-bond acceptors (Lipinski definition) is 1. The van der Waals surface area contributed by atoms with Crippen LogP contribution >= 0.6 is 11.6 Å². The van der Waals surface area contributed by atoms with Crippen LogP contribution in [-0.4, -0.2) is 5.24 Å². The van der Waals surface area contributed by atoms with Crippen LogP contribution < -0.4 is 0 Å². The fourth-order valence-corrected chi connectivity index (χ4v) is 1.82. The molecule has 0 fully saturated rings. The molecular weight excluding hydrogens is 184 g/mol. The molecule has 0 aromatic heterocycles. The molecule has 1 aromatic rings. The summed E-state index contributed by atoms with van der Waals surface area (Å²) < 4.78 is 0. The van der Waals surface area contributed by atoms with Gasteiger partial charge < -0.3 is 0 Å². The van der Waals surface area contributed by atoms with Crippen molar-refractivity contribution in [1.29, 1.82) is 0 Å². The molecule has 13 heavy (non-hydrogen) atoms. The largest absolute Gasteiger partial charge is 0.281 e. The van der Waals surface area contributed by atoms with Crippen LogP contribution in [0.4, 0.5) is 0 Å². The average molecular weight is 193 g/mol. The summed E-state index contributed by atoms with van der Waals surface area (Å²) in [5, 5.41) is -0.289. The molecule has 0 aliphatic heterocycles. The first-order valence-electron chi connectivity index (χ1n) is 4.23. The highest BCUT2D eigenvalue weighted by Crippen LogP contribution is 2.29. The second-order valence-electron chi connectivity index (χ2n) is 3.12. The van der Waals surface area contributed by atoms with Crippen molar-refractivity contribution in [2.24, 2.45) is 0 Å². The van der Waals surface area contributed by atoms with E-state index in [0.29, 0.717) is 6.42 Å². The van der Waals surface area contributed by atoms with E-state index < -0.39 is 0 Å². The van der Waals surface area contributed by atoms with Gasteiger partial charge in [0.25, 0.3) is 0 Å². The van der Waals surface area contributed by atoms with Crippen molar-refractivity contribution < 1.29 is 4.79 Å². The molecule has 0 heterocycles. The van der Waals surface area contributed by atoms with Crippen LogP contribution in [0.25, 0.3) is 5.57 Å². The van der Waals surface area contributed by atoms with Gasteiger partial charge in [0.05, 0.1) is 0 Å². The lowest BCUT2D eigenvalue weighted by Gasteiger charge is -2.01. The molecular formula is C11H9ClO. The van der Waals surface area contributed by atoms with E-state index in [4.69, 9.17) is 11.6 Å². The minimum atomic E-state index is -0.289. The monoisotopic (exact) mass is 192 g/mol. The molecule has 0 bridgehead atoms. The minimum Gasteiger partial charge on any atom is -0.281 e. The van der Waals surface area contributed by atoms with E-state index in [0.717, 1.165) is 12.0 Å². The first kappa shape index (κ1) is 8.52. The topological polar surface area (TPSA) is 17.1 Å². The molecule has 0 spiro atoms. The van der Waals surface area contributed by atoms with E-state index >= 15 is 0 Å². The molecule has 1 aromatic carbocycles. The fourth-order valence-electron chi connectivity index (χ4n) is 1.67. The number of carbonyl (C=O) groups excluding carboxylic acids is 1. The summed E-state index contributed by atoms with van der Waals surface area (Å²) in [6, 6.07) is 8.11. The second kappa shape index (κ2) is 3.35. The van der Waals surface area contributed by atoms with Crippen molar-refractivity contribution >= 4 is 22.4 Å². The Morgan fingerprint density at radius 2 is 2.15 bits per heavy atom. The van der Waals surface area contributed by atoms with E-state index in [1.165, 1.54) is 11.1 Å². The third kappa shape index (κ3) is 1.65. The van der Waals surface area contributed by atoms with E-state index in [9.17, 15) is 4.79 Å². The van der Waals surface area contributed by atoms with Crippen LogP contribution in [0.1, 0.15) is 17.5 Å². The predicted molar refractivity (Wildman–Crippen MR) is 53.6 cm³/mol. The Kier molecular flexibility index (Phi) is 2.19. The standard InChI is InChI=1S/C11H9ClO/c12-11(13)7-9-6-5-8-3-1-2-4-10(8)9/h1-4,6H,5,7H2. The van der Waals surface area contributed by atoms with Crippen molar-refractivity contribution in [1.82, 2.24) is 0 Å². The van der Waals surface area contributed by atoms with Crippen LogP contribution in [0.2, 0.25) is 0 Å². The summed E-state index contributed by atoms with van der Waals surface area (Å²) in [6.07, 6.45) is 3.35. The quantitative estimate of drug-likeness (QED) is 0.659. The maximum absolute atomic E-state index is 10.7. The number of carbonyl (C=O) groups is 1. The zero-order valence-electron chi connectivity index (χ0n) is 7.09. The number of halogens is 1. The van der Waals surface area contributed by atoms with Gasteiger partial charge in [-0.2, -0.15) is 0 Å². The summed E-state index contributed by atoms with van der Waals surface area (Å²) in [6.45, 7) is 0. The number of rotatable bonds is 2. The summed E-state index contributed by atoms with van der Waals surface area (Å²) in [4.78, 5) is 10.7.